The number of carbonyl (C=O) groups is 2. The van der Waals surface area contributed by atoms with Crippen LogP contribution in [0.3, 0.4) is 0 Å². The molecule has 0 saturated heterocycles. The van der Waals surface area contributed by atoms with Crippen molar-refractivity contribution in [2.24, 2.45) is 0 Å². The molecule has 0 unspecified atom stereocenters. The molecule has 0 radical (unpaired) electrons. The van der Waals surface area contributed by atoms with Gasteiger partial charge in [-0.2, -0.15) is 0 Å². The van der Waals surface area contributed by atoms with Crippen molar-refractivity contribution in [3.05, 3.63) is 35.4 Å². The van der Waals surface area contributed by atoms with Crippen LogP contribution >= 0.6 is 0 Å². The second kappa shape index (κ2) is 29.2. The lowest BCUT2D eigenvalue weighted by molar-refractivity contribution is -0.0252. The van der Waals surface area contributed by atoms with Crippen molar-refractivity contribution in [1.82, 2.24) is 4.90 Å². The van der Waals surface area contributed by atoms with Crippen LogP contribution in [-0.2, 0) is 42.6 Å². The predicted molar refractivity (Wildman–Crippen MR) is 173 cm³/mol. The summed E-state index contributed by atoms with van der Waals surface area (Å²) in [5, 5.41) is 0. The molecule has 264 valence electrons. The van der Waals surface area contributed by atoms with Crippen LogP contribution in [0.5, 0.6) is 0 Å². The fourth-order valence-electron chi connectivity index (χ4n) is 4.44. The maximum atomic E-state index is 12.3. The van der Waals surface area contributed by atoms with E-state index in [1.165, 1.54) is 37.0 Å². The first-order valence-electron chi connectivity index (χ1n) is 16.9. The van der Waals surface area contributed by atoms with Crippen molar-refractivity contribution in [2.75, 3.05) is 125 Å². The molecule has 0 spiro atoms. The summed E-state index contributed by atoms with van der Waals surface area (Å²) < 4.78 is 49.5. The third kappa shape index (κ3) is 19.6. The van der Waals surface area contributed by atoms with E-state index in [9.17, 15) is 9.59 Å². The minimum atomic E-state index is -0.273. The lowest BCUT2D eigenvalue weighted by atomic mass is 10.1. The largest absolute Gasteiger partial charge is 0.379 e. The summed E-state index contributed by atoms with van der Waals surface area (Å²) in [5.41, 5.74) is 0.892. The molecule has 1 heterocycles. The highest BCUT2D eigenvalue weighted by molar-refractivity contribution is 6.21. The summed E-state index contributed by atoms with van der Waals surface area (Å²) in [6, 6.07) is 6.83. The van der Waals surface area contributed by atoms with Gasteiger partial charge >= 0.3 is 0 Å². The first kappa shape index (κ1) is 40.2. The lowest BCUT2D eigenvalue weighted by Crippen LogP contribution is -2.33. The number of unbranched alkanes of at least 4 members (excludes halogenated alkanes) is 5. The van der Waals surface area contributed by atoms with Gasteiger partial charge in [0.15, 0.2) is 0 Å². The van der Waals surface area contributed by atoms with E-state index in [2.05, 4.69) is 6.92 Å². The van der Waals surface area contributed by atoms with Crippen LogP contribution in [0.2, 0.25) is 0 Å². The Morgan fingerprint density at radius 3 is 1.09 bits per heavy atom. The van der Waals surface area contributed by atoms with Crippen molar-refractivity contribution < 1.29 is 52.2 Å². The Labute approximate surface area is 275 Å². The number of hydrogen-bond donors (Lipinski definition) is 0. The van der Waals surface area contributed by atoms with Crippen LogP contribution in [0.15, 0.2) is 24.3 Å². The van der Waals surface area contributed by atoms with Gasteiger partial charge in [0.2, 0.25) is 0 Å². The molecule has 0 aliphatic carbocycles. The molecule has 1 aliphatic heterocycles. The number of hydrogen-bond acceptors (Lipinski definition) is 11. The van der Waals surface area contributed by atoms with E-state index in [0.29, 0.717) is 117 Å². The van der Waals surface area contributed by atoms with E-state index in [4.69, 9.17) is 42.6 Å². The predicted octanol–water partition coefficient (Wildman–Crippen LogP) is 3.79. The molecule has 0 N–H and O–H groups in total. The Bertz CT molecular complexity index is 853. The first-order valence-corrected chi connectivity index (χ1v) is 16.9. The van der Waals surface area contributed by atoms with Crippen LogP contribution in [0.25, 0.3) is 0 Å². The molecule has 0 aromatic heterocycles. The molecule has 0 atom stereocenters. The topological polar surface area (TPSA) is 120 Å². The normalized spacial score (nSPS) is 12.8. The molecule has 1 aromatic rings. The Morgan fingerprint density at radius 2 is 0.717 bits per heavy atom. The van der Waals surface area contributed by atoms with Crippen LogP contribution in [0.1, 0.15) is 66.2 Å². The van der Waals surface area contributed by atoms with E-state index in [-0.39, 0.29) is 25.0 Å². The average Bonchev–Trinajstić information content (AvgIpc) is 3.31. The number of benzene rings is 1. The molecule has 46 heavy (non-hydrogen) atoms. The number of ether oxygens (including phenoxy) is 9. The second-order valence-electron chi connectivity index (χ2n) is 10.6. The Balaban J connectivity index is 1.18. The van der Waals surface area contributed by atoms with Crippen LogP contribution in [0, 0.1) is 0 Å². The minimum Gasteiger partial charge on any atom is -0.379 e. The minimum absolute atomic E-state index is 0.219. The number of rotatable bonds is 34. The van der Waals surface area contributed by atoms with Gasteiger partial charge in [0, 0.05) is 6.61 Å². The average molecular weight is 656 g/mol. The fourth-order valence-corrected chi connectivity index (χ4v) is 4.44. The molecule has 1 aliphatic rings. The molecule has 2 rings (SSSR count). The first-order chi connectivity index (χ1) is 22.8. The molecule has 0 bridgehead atoms. The van der Waals surface area contributed by atoms with Crippen molar-refractivity contribution in [3.8, 4) is 0 Å². The van der Waals surface area contributed by atoms with Crippen molar-refractivity contribution >= 4 is 11.8 Å². The summed E-state index contributed by atoms with van der Waals surface area (Å²) in [5.74, 6) is -0.547. The maximum absolute atomic E-state index is 12.3. The van der Waals surface area contributed by atoms with Gasteiger partial charge in [-0.3, -0.25) is 14.5 Å². The monoisotopic (exact) mass is 655 g/mol. The lowest BCUT2D eigenvalue weighted by Gasteiger charge is -2.13. The number of fused-ring (bicyclic) bond motifs is 1. The zero-order chi connectivity index (χ0) is 32.8. The Hall–Kier alpha value is -2.00. The molecular weight excluding hydrogens is 598 g/mol. The third-order valence-corrected chi connectivity index (χ3v) is 6.96. The van der Waals surface area contributed by atoms with Crippen LogP contribution in [0.4, 0.5) is 0 Å². The van der Waals surface area contributed by atoms with E-state index in [1.807, 2.05) is 0 Å². The molecule has 0 saturated carbocycles. The molecular formula is C34H57NO11. The number of carbonyl (C=O) groups excluding carboxylic acids is 2. The van der Waals surface area contributed by atoms with Gasteiger partial charge in [0.25, 0.3) is 11.8 Å². The quantitative estimate of drug-likeness (QED) is 0.0797. The standard InChI is InChI=1S/C34H57NO11/c1-2-3-4-5-6-9-13-38-15-17-40-19-21-42-23-25-44-27-29-46-30-28-45-26-24-43-22-20-41-18-16-39-14-12-35-33(36)31-10-7-8-11-32(31)34(35)37/h7-8,10-11H,2-6,9,12-30H2,1H3. The molecule has 2 amide bonds. The fraction of sp³-hybridized carbons (Fsp3) is 0.765. The zero-order valence-electron chi connectivity index (χ0n) is 27.9. The number of amides is 2. The highest BCUT2D eigenvalue weighted by Gasteiger charge is 2.34. The van der Waals surface area contributed by atoms with Crippen LogP contribution < -0.4 is 0 Å². The van der Waals surface area contributed by atoms with Crippen LogP contribution in [-0.4, -0.2) is 142 Å². The van der Waals surface area contributed by atoms with Crippen molar-refractivity contribution in [3.63, 3.8) is 0 Å². The van der Waals surface area contributed by atoms with Gasteiger partial charge in [0.1, 0.15) is 0 Å². The van der Waals surface area contributed by atoms with Crippen molar-refractivity contribution in [1.29, 1.82) is 0 Å². The Kier molecular flexibility index (Phi) is 25.5. The van der Waals surface area contributed by atoms with E-state index >= 15 is 0 Å². The van der Waals surface area contributed by atoms with Gasteiger partial charge in [-0.05, 0) is 18.6 Å². The van der Waals surface area contributed by atoms with E-state index < -0.39 is 0 Å². The maximum Gasteiger partial charge on any atom is 0.261 e. The van der Waals surface area contributed by atoms with Gasteiger partial charge < -0.3 is 42.6 Å². The summed E-state index contributed by atoms with van der Waals surface area (Å²) >= 11 is 0. The van der Waals surface area contributed by atoms with Gasteiger partial charge in [-0.25, -0.2) is 0 Å². The highest BCUT2D eigenvalue weighted by atomic mass is 16.6. The number of nitrogens with zero attached hydrogens (tertiary/aromatic N) is 1. The highest BCUT2D eigenvalue weighted by Crippen LogP contribution is 2.21. The summed E-state index contributed by atoms with van der Waals surface area (Å²) in [6.45, 7) is 11.6. The van der Waals surface area contributed by atoms with Gasteiger partial charge in [-0.1, -0.05) is 51.2 Å². The SMILES string of the molecule is CCCCCCCCOCCOCCOCCOCCOCCOCCOCCOCCOCCN1C(=O)c2ccccc2C1=O. The smallest absolute Gasteiger partial charge is 0.261 e. The van der Waals surface area contributed by atoms with Gasteiger partial charge in [-0.15, -0.1) is 0 Å². The molecule has 1 aromatic carbocycles. The number of imide groups is 1. The zero-order valence-corrected chi connectivity index (χ0v) is 27.9. The van der Waals surface area contributed by atoms with E-state index in [1.54, 1.807) is 24.3 Å². The van der Waals surface area contributed by atoms with Gasteiger partial charge in [0.05, 0.1) is 130 Å². The molecule has 12 nitrogen and oxygen atoms in total. The summed E-state index contributed by atoms with van der Waals surface area (Å²) in [6.07, 6.45) is 7.65. The van der Waals surface area contributed by atoms with E-state index in [0.717, 1.165) is 13.0 Å². The second-order valence-corrected chi connectivity index (χ2v) is 10.6. The summed E-state index contributed by atoms with van der Waals surface area (Å²) in [7, 11) is 0. The van der Waals surface area contributed by atoms with Crippen molar-refractivity contribution in [2.45, 2.75) is 45.4 Å². The summed E-state index contributed by atoms with van der Waals surface area (Å²) in [4.78, 5) is 25.8. The third-order valence-electron chi connectivity index (χ3n) is 6.96. The Morgan fingerprint density at radius 1 is 0.413 bits per heavy atom. The molecule has 0 fully saturated rings. The molecule has 12 heteroatoms.